The van der Waals surface area contributed by atoms with Gasteiger partial charge in [0.25, 0.3) is 0 Å². The SMILES string of the molecule is c1cncc(-c2cn3nc(N4CCCCCC4)sc3n2)c1. The molecule has 0 amide bonds. The number of hydrogen-bond donors (Lipinski definition) is 0. The maximum Gasteiger partial charge on any atom is 0.214 e. The van der Waals surface area contributed by atoms with Crippen LogP contribution in [0, 0.1) is 0 Å². The summed E-state index contributed by atoms with van der Waals surface area (Å²) >= 11 is 1.67. The van der Waals surface area contributed by atoms with Gasteiger partial charge in [-0.1, -0.05) is 24.2 Å². The van der Waals surface area contributed by atoms with Crippen LogP contribution < -0.4 is 4.90 Å². The van der Waals surface area contributed by atoms with E-state index in [1.165, 1.54) is 25.7 Å². The van der Waals surface area contributed by atoms with Crippen LogP contribution in [0.5, 0.6) is 0 Å². The molecule has 0 radical (unpaired) electrons. The highest BCUT2D eigenvalue weighted by molar-refractivity contribution is 7.20. The van der Waals surface area contributed by atoms with E-state index in [2.05, 4.69) is 14.9 Å². The molecule has 1 fully saturated rings. The van der Waals surface area contributed by atoms with Crippen LogP contribution in [0.4, 0.5) is 5.13 Å². The van der Waals surface area contributed by atoms with E-state index < -0.39 is 0 Å². The van der Waals surface area contributed by atoms with E-state index in [0.29, 0.717) is 0 Å². The molecule has 1 aliphatic heterocycles. The molecule has 5 nitrogen and oxygen atoms in total. The smallest absolute Gasteiger partial charge is 0.214 e. The van der Waals surface area contributed by atoms with Crippen LogP contribution >= 0.6 is 11.3 Å². The molecule has 0 spiro atoms. The van der Waals surface area contributed by atoms with Crippen LogP contribution in [0.1, 0.15) is 25.7 Å². The average Bonchev–Trinajstić information content (AvgIpc) is 2.96. The first-order valence-electron chi connectivity index (χ1n) is 7.42. The maximum atomic E-state index is 4.70. The van der Waals surface area contributed by atoms with E-state index in [0.717, 1.165) is 34.4 Å². The van der Waals surface area contributed by atoms with Crippen LogP contribution in [-0.4, -0.2) is 32.7 Å². The fourth-order valence-electron chi connectivity index (χ4n) is 2.73. The van der Waals surface area contributed by atoms with Crippen molar-refractivity contribution in [1.82, 2.24) is 19.6 Å². The molecular weight excluding hydrogens is 282 g/mol. The van der Waals surface area contributed by atoms with E-state index in [1.807, 2.05) is 29.0 Å². The summed E-state index contributed by atoms with van der Waals surface area (Å²) in [5.74, 6) is 0. The van der Waals surface area contributed by atoms with Gasteiger partial charge in [0.2, 0.25) is 10.1 Å². The number of fused-ring (bicyclic) bond motifs is 1. The Balaban J connectivity index is 1.64. The minimum Gasteiger partial charge on any atom is -0.347 e. The third-order valence-electron chi connectivity index (χ3n) is 3.87. The van der Waals surface area contributed by atoms with Gasteiger partial charge in [-0.05, 0) is 25.0 Å². The number of hydrogen-bond acceptors (Lipinski definition) is 5. The molecule has 0 saturated carbocycles. The molecule has 0 unspecified atom stereocenters. The molecule has 3 aromatic heterocycles. The molecule has 0 aromatic carbocycles. The molecule has 0 aliphatic carbocycles. The average molecular weight is 299 g/mol. The number of imidazole rings is 1. The summed E-state index contributed by atoms with van der Waals surface area (Å²) in [6, 6.07) is 3.95. The second kappa shape index (κ2) is 5.44. The summed E-state index contributed by atoms with van der Waals surface area (Å²) in [7, 11) is 0. The zero-order valence-corrected chi connectivity index (χ0v) is 12.6. The van der Waals surface area contributed by atoms with Crippen molar-refractivity contribution in [2.24, 2.45) is 0 Å². The van der Waals surface area contributed by atoms with Gasteiger partial charge in [0.1, 0.15) is 0 Å². The summed E-state index contributed by atoms with van der Waals surface area (Å²) in [5.41, 5.74) is 1.97. The normalized spacial score (nSPS) is 16.3. The summed E-state index contributed by atoms with van der Waals surface area (Å²) in [4.78, 5) is 12.2. The van der Waals surface area contributed by atoms with E-state index >= 15 is 0 Å². The van der Waals surface area contributed by atoms with E-state index in [9.17, 15) is 0 Å². The summed E-state index contributed by atoms with van der Waals surface area (Å²) in [6.45, 7) is 2.23. The first-order chi connectivity index (χ1) is 10.4. The summed E-state index contributed by atoms with van der Waals surface area (Å²) in [6.07, 6.45) is 10.8. The fraction of sp³-hybridized carbons (Fsp3) is 0.400. The van der Waals surface area contributed by atoms with E-state index in [1.54, 1.807) is 17.5 Å². The lowest BCUT2D eigenvalue weighted by atomic mass is 10.2. The lowest BCUT2D eigenvalue weighted by Crippen LogP contribution is -2.23. The monoisotopic (exact) mass is 299 g/mol. The van der Waals surface area contributed by atoms with Crippen molar-refractivity contribution in [1.29, 1.82) is 0 Å². The largest absolute Gasteiger partial charge is 0.347 e. The molecule has 4 heterocycles. The lowest BCUT2D eigenvalue weighted by Gasteiger charge is -2.17. The number of aromatic nitrogens is 4. The standard InChI is InChI=1S/C15H17N5S/c1-2-4-9-19(8-3-1)15-18-20-11-13(17-14(20)21-15)12-6-5-7-16-10-12/h5-7,10-11H,1-4,8-9H2. The van der Waals surface area contributed by atoms with Gasteiger partial charge >= 0.3 is 0 Å². The van der Waals surface area contributed by atoms with Gasteiger partial charge in [0.15, 0.2) is 0 Å². The first-order valence-corrected chi connectivity index (χ1v) is 8.23. The van der Waals surface area contributed by atoms with Crippen molar-refractivity contribution >= 4 is 21.4 Å². The molecule has 1 aliphatic rings. The molecule has 0 atom stereocenters. The lowest BCUT2D eigenvalue weighted by molar-refractivity contribution is 0.726. The van der Waals surface area contributed by atoms with Crippen LogP contribution in [0.25, 0.3) is 16.2 Å². The van der Waals surface area contributed by atoms with Crippen molar-refractivity contribution in [2.45, 2.75) is 25.7 Å². The van der Waals surface area contributed by atoms with Crippen molar-refractivity contribution < 1.29 is 0 Å². The maximum absolute atomic E-state index is 4.70. The summed E-state index contributed by atoms with van der Waals surface area (Å²) < 4.78 is 1.90. The highest BCUT2D eigenvalue weighted by atomic mass is 32.1. The van der Waals surface area contributed by atoms with Gasteiger partial charge in [-0.15, -0.1) is 5.10 Å². The van der Waals surface area contributed by atoms with E-state index in [-0.39, 0.29) is 0 Å². The highest BCUT2D eigenvalue weighted by Crippen LogP contribution is 2.27. The fourth-order valence-corrected chi connectivity index (χ4v) is 3.67. The number of anilines is 1. The van der Waals surface area contributed by atoms with Gasteiger partial charge < -0.3 is 4.90 Å². The molecule has 0 N–H and O–H groups in total. The Hall–Kier alpha value is -1.95. The van der Waals surface area contributed by atoms with Gasteiger partial charge in [-0.25, -0.2) is 9.50 Å². The molecule has 21 heavy (non-hydrogen) atoms. The minimum absolute atomic E-state index is 0.935. The predicted octanol–water partition coefficient (Wildman–Crippen LogP) is 3.23. The second-order valence-electron chi connectivity index (χ2n) is 5.38. The molecular formula is C15H17N5S. The Morgan fingerprint density at radius 2 is 1.95 bits per heavy atom. The second-order valence-corrected chi connectivity index (χ2v) is 6.32. The van der Waals surface area contributed by atoms with Crippen LogP contribution in [0.3, 0.4) is 0 Å². The van der Waals surface area contributed by atoms with Gasteiger partial charge in [0.05, 0.1) is 11.9 Å². The number of pyridine rings is 1. The number of rotatable bonds is 2. The van der Waals surface area contributed by atoms with E-state index in [4.69, 9.17) is 5.10 Å². The zero-order valence-electron chi connectivity index (χ0n) is 11.8. The molecule has 108 valence electrons. The third-order valence-corrected chi connectivity index (χ3v) is 4.85. The molecule has 3 aromatic rings. The van der Waals surface area contributed by atoms with Gasteiger partial charge in [0, 0.05) is 31.0 Å². The topological polar surface area (TPSA) is 46.3 Å². The Morgan fingerprint density at radius 1 is 1.10 bits per heavy atom. The Kier molecular flexibility index (Phi) is 3.31. The molecule has 4 rings (SSSR count). The Morgan fingerprint density at radius 3 is 2.67 bits per heavy atom. The quantitative estimate of drug-likeness (QED) is 0.729. The Labute approximate surface area is 127 Å². The summed E-state index contributed by atoms with van der Waals surface area (Å²) in [5, 5.41) is 5.80. The van der Waals surface area contributed by atoms with Crippen molar-refractivity contribution in [3.63, 3.8) is 0 Å². The van der Waals surface area contributed by atoms with Crippen molar-refractivity contribution in [3.8, 4) is 11.3 Å². The Bertz CT molecular complexity index is 693. The van der Waals surface area contributed by atoms with Gasteiger partial charge in [-0.2, -0.15) is 0 Å². The number of nitrogens with zero attached hydrogens (tertiary/aromatic N) is 5. The van der Waals surface area contributed by atoms with Crippen LogP contribution in [0.2, 0.25) is 0 Å². The van der Waals surface area contributed by atoms with Crippen molar-refractivity contribution in [2.75, 3.05) is 18.0 Å². The van der Waals surface area contributed by atoms with Crippen molar-refractivity contribution in [3.05, 3.63) is 30.7 Å². The first kappa shape index (κ1) is 12.8. The zero-order chi connectivity index (χ0) is 14.1. The highest BCUT2D eigenvalue weighted by Gasteiger charge is 2.16. The van der Waals surface area contributed by atoms with Crippen LogP contribution in [0.15, 0.2) is 30.7 Å². The molecule has 0 bridgehead atoms. The van der Waals surface area contributed by atoms with Crippen LogP contribution in [-0.2, 0) is 0 Å². The molecule has 6 heteroatoms. The predicted molar refractivity (Wildman–Crippen MR) is 84.8 cm³/mol. The minimum atomic E-state index is 0.935. The molecule has 1 saturated heterocycles. The third kappa shape index (κ3) is 2.51. The van der Waals surface area contributed by atoms with Gasteiger partial charge in [-0.3, -0.25) is 4.98 Å².